The zero-order valence-electron chi connectivity index (χ0n) is 19.5. The summed E-state index contributed by atoms with van der Waals surface area (Å²) < 4.78 is 0. The minimum absolute atomic E-state index is 0.0486. The standard InChI is InChI=1S/C27H32N4O3/c32-25-18-24(19-7-3-1-4-8-19)31(27(34)20-9-5-2-6-10-20)23-12-11-21(17-22(23)29-25)26(33)30-15-13-28-14-16-30/h2,5-6,9-12,17,19,24,28H,1,3-4,7-8,13-16,18H2,(H,29,32). The highest BCUT2D eigenvalue weighted by atomic mass is 16.2. The zero-order chi connectivity index (χ0) is 23.5. The van der Waals surface area contributed by atoms with Crippen molar-refractivity contribution in [2.45, 2.75) is 44.6 Å². The van der Waals surface area contributed by atoms with Crippen molar-refractivity contribution in [2.24, 2.45) is 5.92 Å². The van der Waals surface area contributed by atoms with E-state index in [1.807, 2.05) is 46.2 Å². The summed E-state index contributed by atoms with van der Waals surface area (Å²) in [6.45, 7) is 2.86. The summed E-state index contributed by atoms with van der Waals surface area (Å²) >= 11 is 0. The molecule has 1 saturated carbocycles. The average molecular weight is 461 g/mol. The molecule has 0 spiro atoms. The van der Waals surface area contributed by atoms with Crippen LogP contribution in [0.5, 0.6) is 0 Å². The lowest BCUT2D eigenvalue weighted by Crippen LogP contribution is -2.46. The van der Waals surface area contributed by atoms with E-state index in [2.05, 4.69) is 10.6 Å². The van der Waals surface area contributed by atoms with Crippen LogP contribution in [0, 0.1) is 5.92 Å². The van der Waals surface area contributed by atoms with Gasteiger partial charge in [0.15, 0.2) is 0 Å². The molecule has 0 bridgehead atoms. The van der Waals surface area contributed by atoms with Crippen molar-refractivity contribution >= 4 is 29.1 Å². The van der Waals surface area contributed by atoms with Crippen molar-refractivity contribution in [3.05, 3.63) is 59.7 Å². The smallest absolute Gasteiger partial charge is 0.258 e. The van der Waals surface area contributed by atoms with Gasteiger partial charge in [-0.15, -0.1) is 0 Å². The van der Waals surface area contributed by atoms with Crippen molar-refractivity contribution in [1.82, 2.24) is 10.2 Å². The molecule has 3 amide bonds. The molecule has 1 aliphatic carbocycles. The Labute approximate surface area is 200 Å². The van der Waals surface area contributed by atoms with Gasteiger partial charge in [-0.25, -0.2) is 0 Å². The number of benzene rings is 2. The van der Waals surface area contributed by atoms with E-state index in [1.165, 1.54) is 6.42 Å². The quantitative estimate of drug-likeness (QED) is 0.732. The molecule has 1 saturated heterocycles. The van der Waals surface area contributed by atoms with Crippen molar-refractivity contribution in [2.75, 3.05) is 36.4 Å². The average Bonchev–Trinajstić information content (AvgIpc) is 3.04. The molecule has 2 N–H and O–H groups in total. The molecule has 7 nitrogen and oxygen atoms in total. The normalized spacial score (nSPS) is 21.4. The van der Waals surface area contributed by atoms with Gasteiger partial charge in [0.1, 0.15) is 0 Å². The van der Waals surface area contributed by atoms with Crippen molar-refractivity contribution in [1.29, 1.82) is 0 Å². The molecule has 2 fully saturated rings. The SMILES string of the molecule is O=C1CC(C2CCCCC2)N(C(=O)c2ccccc2)c2ccc(C(=O)N3CCNCC3)cc2N1. The summed E-state index contributed by atoms with van der Waals surface area (Å²) in [5.41, 5.74) is 2.34. The second kappa shape index (κ2) is 9.97. The summed E-state index contributed by atoms with van der Waals surface area (Å²) in [6.07, 6.45) is 5.76. The number of piperazine rings is 1. The van der Waals surface area contributed by atoms with Gasteiger partial charge in [-0.2, -0.15) is 0 Å². The number of amides is 3. The number of nitrogens with one attached hydrogen (secondary N) is 2. The molecule has 1 unspecified atom stereocenters. The Morgan fingerprint density at radius 2 is 1.59 bits per heavy atom. The summed E-state index contributed by atoms with van der Waals surface area (Å²) in [4.78, 5) is 43.6. The van der Waals surface area contributed by atoms with Crippen LogP contribution >= 0.6 is 0 Å². The van der Waals surface area contributed by atoms with Crippen LogP contribution in [0.4, 0.5) is 11.4 Å². The third-order valence-corrected chi connectivity index (χ3v) is 7.34. The molecule has 7 heteroatoms. The fourth-order valence-electron chi connectivity index (χ4n) is 5.57. The number of fused-ring (bicyclic) bond motifs is 1. The van der Waals surface area contributed by atoms with E-state index in [1.54, 1.807) is 12.1 Å². The van der Waals surface area contributed by atoms with Crippen molar-refractivity contribution < 1.29 is 14.4 Å². The fraction of sp³-hybridized carbons (Fsp3) is 0.444. The predicted octanol–water partition coefficient (Wildman–Crippen LogP) is 3.67. The van der Waals surface area contributed by atoms with Gasteiger partial charge in [-0.1, -0.05) is 37.5 Å². The Balaban J connectivity index is 1.54. The molecule has 2 aromatic carbocycles. The molecular weight excluding hydrogens is 428 g/mol. The zero-order valence-corrected chi connectivity index (χ0v) is 19.5. The van der Waals surface area contributed by atoms with Crippen molar-refractivity contribution in [3.8, 4) is 0 Å². The summed E-state index contributed by atoms with van der Waals surface area (Å²) in [6, 6.07) is 14.4. The van der Waals surface area contributed by atoms with E-state index in [9.17, 15) is 14.4 Å². The third-order valence-electron chi connectivity index (χ3n) is 7.34. The molecule has 34 heavy (non-hydrogen) atoms. The lowest BCUT2D eigenvalue weighted by atomic mass is 9.81. The fourth-order valence-corrected chi connectivity index (χ4v) is 5.57. The van der Waals surface area contributed by atoms with E-state index >= 15 is 0 Å². The highest BCUT2D eigenvalue weighted by molar-refractivity contribution is 6.12. The second-order valence-electron chi connectivity index (χ2n) is 9.53. The van der Waals surface area contributed by atoms with E-state index in [-0.39, 0.29) is 36.1 Å². The summed E-state index contributed by atoms with van der Waals surface area (Å²) in [7, 11) is 0. The molecule has 3 aliphatic rings. The number of hydrogen-bond donors (Lipinski definition) is 2. The number of hydrogen-bond acceptors (Lipinski definition) is 4. The van der Waals surface area contributed by atoms with E-state index in [0.29, 0.717) is 35.6 Å². The second-order valence-corrected chi connectivity index (χ2v) is 9.53. The first-order valence-electron chi connectivity index (χ1n) is 12.4. The van der Waals surface area contributed by atoms with E-state index in [4.69, 9.17) is 0 Å². The maximum Gasteiger partial charge on any atom is 0.258 e. The molecule has 178 valence electrons. The largest absolute Gasteiger partial charge is 0.336 e. The van der Waals surface area contributed by atoms with Crippen molar-refractivity contribution in [3.63, 3.8) is 0 Å². The van der Waals surface area contributed by atoms with Gasteiger partial charge in [0.05, 0.1) is 11.4 Å². The Morgan fingerprint density at radius 3 is 2.32 bits per heavy atom. The minimum Gasteiger partial charge on any atom is -0.336 e. The molecule has 0 radical (unpaired) electrons. The van der Waals surface area contributed by atoms with Crippen LogP contribution in [0.3, 0.4) is 0 Å². The highest BCUT2D eigenvalue weighted by Gasteiger charge is 2.38. The van der Waals surface area contributed by atoms with Gasteiger partial charge >= 0.3 is 0 Å². The van der Waals surface area contributed by atoms with Gasteiger partial charge < -0.3 is 20.4 Å². The lowest BCUT2D eigenvalue weighted by molar-refractivity contribution is -0.116. The van der Waals surface area contributed by atoms with E-state index < -0.39 is 0 Å². The first kappa shape index (κ1) is 22.6. The van der Waals surface area contributed by atoms with E-state index in [0.717, 1.165) is 38.8 Å². The van der Waals surface area contributed by atoms with Crippen LogP contribution in [-0.4, -0.2) is 54.8 Å². The summed E-state index contributed by atoms with van der Waals surface area (Å²) in [5, 5.41) is 6.27. The van der Waals surface area contributed by atoms with Crippen LogP contribution in [0.1, 0.15) is 59.2 Å². The van der Waals surface area contributed by atoms with Gasteiger partial charge in [-0.3, -0.25) is 14.4 Å². The number of rotatable bonds is 3. The number of carbonyl (C=O) groups is 3. The van der Waals surface area contributed by atoms with Crippen LogP contribution in [0.15, 0.2) is 48.5 Å². The highest BCUT2D eigenvalue weighted by Crippen LogP contribution is 2.39. The molecule has 2 aliphatic heterocycles. The Bertz CT molecular complexity index is 1060. The monoisotopic (exact) mass is 460 g/mol. The molecule has 1 atom stereocenters. The maximum absolute atomic E-state index is 13.8. The Morgan fingerprint density at radius 1 is 0.853 bits per heavy atom. The lowest BCUT2D eigenvalue weighted by Gasteiger charge is -2.37. The first-order valence-corrected chi connectivity index (χ1v) is 12.4. The molecular formula is C27H32N4O3. The Hall–Kier alpha value is -3.19. The Kier molecular flexibility index (Phi) is 6.63. The van der Waals surface area contributed by atoms with Gasteiger partial charge in [0.2, 0.25) is 5.91 Å². The van der Waals surface area contributed by atoms with Crippen LogP contribution in [-0.2, 0) is 4.79 Å². The number of carbonyl (C=O) groups excluding carboxylic acids is 3. The van der Waals surface area contributed by atoms with Crippen LogP contribution < -0.4 is 15.5 Å². The molecule has 2 heterocycles. The minimum atomic E-state index is -0.205. The van der Waals surface area contributed by atoms with Gasteiger partial charge in [-0.05, 0) is 49.1 Å². The predicted molar refractivity (Wildman–Crippen MR) is 132 cm³/mol. The summed E-state index contributed by atoms with van der Waals surface area (Å²) in [5.74, 6) is 0.0231. The third kappa shape index (κ3) is 4.57. The maximum atomic E-state index is 13.8. The van der Waals surface area contributed by atoms with Crippen LogP contribution in [0.25, 0.3) is 0 Å². The molecule has 5 rings (SSSR count). The topological polar surface area (TPSA) is 81.8 Å². The number of anilines is 2. The first-order chi connectivity index (χ1) is 16.6. The molecule has 0 aromatic heterocycles. The van der Waals surface area contributed by atoms with Gasteiger partial charge in [0.25, 0.3) is 11.8 Å². The van der Waals surface area contributed by atoms with Crippen LogP contribution in [0.2, 0.25) is 0 Å². The molecule has 2 aromatic rings. The number of nitrogens with zero attached hydrogens (tertiary/aromatic N) is 2. The van der Waals surface area contributed by atoms with Gasteiger partial charge in [0, 0.05) is 49.8 Å².